The fraction of sp³-hybridized carbons (Fsp3) is 0.370. The highest BCUT2D eigenvalue weighted by Gasteiger charge is 2.32. The quantitative estimate of drug-likeness (QED) is 0.355. The highest BCUT2D eigenvalue weighted by molar-refractivity contribution is 7.15. The number of ether oxygens (including phenoxy) is 1. The van der Waals surface area contributed by atoms with Gasteiger partial charge in [0.2, 0.25) is 11.7 Å². The van der Waals surface area contributed by atoms with E-state index < -0.39 is 11.9 Å². The zero-order valence-corrected chi connectivity index (χ0v) is 23.4. The summed E-state index contributed by atoms with van der Waals surface area (Å²) in [6.07, 6.45) is 1.23. The van der Waals surface area contributed by atoms with Gasteiger partial charge in [-0.15, -0.1) is 16.4 Å². The number of nitrogens with two attached hydrogens (primary N) is 1. The molecule has 0 aliphatic carbocycles. The third-order valence-corrected chi connectivity index (χ3v) is 8.82. The monoisotopic (exact) mass is 578 g/mol. The molecule has 5 heterocycles. The van der Waals surface area contributed by atoms with Gasteiger partial charge in [0.05, 0.1) is 35.4 Å². The molecule has 6 rings (SSSR count). The smallest absolute Gasteiger partial charge is 0.299 e. The lowest BCUT2D eigenvalue weighted by Crippen LogP contribution is -2.47. The number of aromatic nitrogens is 4. The topological polar surface area (TPSA) is 144 Å². The average molecular weight is 579 g/mol. The van der Waals surface area contributed by atoms with Crippen LogP contribution in [0.5, 0.6) is 0 Å². The van der Waals surface area contributed by atoms with Gasteiger partial charge in [-0.3, -0.25) is 14.2 Å². The molecular formula is C27H27ClN8O3S. The van der Waals surface area contributed by atoms with Crippen LogP contribution in [-0.4, -0.2) is 57.9 Å². The summed E-state index contributed by atoms with van der Waals surface area (Å²) in [6, 6.07) is 7.73. The largest absolute Gasteiger partial charge is 0.376 e. The van der Waals surface area contributed by atoms with E-state index in [0.717, 1.165) is 16.2 Å². The van der Waals surface area contributed by atoms with Crippen LogP contribution in [-0.2, 0) is 29.0 Å². The summed E-state index contributed by atoms with van der Waals surface area (Å²) in [5.74, 6) is -0.0899. The lowest BCUT2D eigenvalue weighted by molar-refractivity contribution is -0.120. The third kappa shape index (κ3) is 4.45. The Kier molecular flexibility index (Phi) is 7.06. The molecule has 2 aliphatic rings. The number of thiophene rings is 1. The molecule has 0 radical (unpaired) electrons. The molecule has 3 aromatic heterocycles. The zero-order valence-electron chi connectivity index (χ0n) is 21.8. The van der Waals surface area contributed by atoms with Gasteiger partial charge in [-0.05, 0) is 36.6 Å². The van der Waals surface area contributed by atoms with Crippen LogP contribution in [0.1, 0.15) is 40.2 Å². The average Bonchev–Trinajstić information content (AvgIpc) is 3.60. The summed E-state index contributed by atoms with van der Waals surface area (Å²) >= 11 is 8.16. The van der Waals surface area contributed by atoms with Crippen LogP contribution in [0, 0.1) is 11.3 Å². The summed E-state index contributed by atoms with van der Waals surface area (Å²) < 4.78 is 8.57. The number of hydrogen-bond donors (Lipinski definition) is 2. The molecule has 0 spiro atoms. The molecule has 1 aromatic carbocycles. The van der Waals surface area contributed by atoms with Gasteiger partial charge in [0.15, 0.2) is 5.82 Å². The number of anilines is 1. The summed E-state index contributed by atoms with van der Waals surface area (Å²) in [4.78, 5) is 36.1. The summed E-state index contributed by atoms with van der Waals surface area (Å²) in [5.41, 5.74) is 8.78. The van der Waals surface area contributed by atoms with Gasteiger partial charge in [-0.1, -0.05) is 24.6 Å². The number of rotatable bonds is 6. The highest BCUT2D eigenvalue weighted by Crippen LogP contribution is 2.35. The molecule has 0 bridgehead atoms. The lowest BCUT2D eigenvalue weighted by atomic mass is 10.0. The normalized spacial score (nSPS) is 16.1. The Morgan fingerprint density at radius 3 is 2.80 bits per heavy atom. The van der Waals surface area contributed by atoms with Crippen LogP contribution >= 0.6 is 22.9 Å². The minimum atomic E-state index is -1.10. The predicted molar refractivity (Wildman–Crippen MR) is 152 cm³/mol. The number of carbonyl (C=O) groups is 1. The molecule has 2 aliphatic heterocycles. The van der Waals surface area contributed by atoms with Gasteiger partial charge < -0.3 is 20.7 Å². The standard InChI is InChI=1S/C27H27ClN8O3S/c1-2-19-23(34-8-6-31-7-9-34)26(38)36-27(32-25(33-36)20-12-16-5-10-39-14-21(16)40-20)35(19)22(24(30)37)17-4-3-15(13-29)11-18(17)28/h3-4,11-12,22,31H,2,5-10,14H2,1H3,(H2,30,37). The van der Waals surface area contributed by atoms with Gasteiger partial charge in [-0.2, -0.15) is 14.8 Å². The number of carbonyl (C=O) groups excluding carboxylic acids is 1. The number of nitriles is 1. The van der Waals surface area contributed by atoms with Gasteiger partial charge in [0.1, 0.15) is 11.7 Å². The Bertz CT molecular complexity index is 1710. The molecule has 1 atom stereocenters. The molecule has 4 aromatic rings. The first-order valence-corrected chi connectivity index (χ1v) is 14.3. The molecule has 1 fully saturated rings. The first-order chi connectivity index (χ1) is 19.4. The van der Waals surface area contributed by atoms with Crippen LogP contribution < -0.4 is 21.5 Å². The summed E-state index contributed by atoms with van der Waals surface area (Å²) in [7, 11) is 0. The second kappa shape index (κ2) is 10.7. The number of halogens is 1. The van der Waals surface area contributed by atoms with Crippen molar-refractivity contribution in [2.45, 2.75) is 32.4 Å². The van der Waals surface area contributed by atoms with E-state index >= 15 is 0 Å². The van der Waals surface area contributed by atoms with E-state index in [0.29, 0.717) is 74.1 Å². The van der Waals surface area contributed by atoms with Gasteiger partial charge in [0.25, 0.3) is 5.56 Å². The van der Waals surface area contributed by atoms with Crippen molar-refractivity contribution >= 4 is 40.3 Å². The zero-order chi connectivity index (χ0) is 28.0. The second-order valence-corrected chi connectivity index (χ2v) is 11.3. The number of amides is 1. The number of nitrogens with zero attached hydrogens (tertiary/aromatic N) is 6. The molecule has 1 unspecified atom stereocenters. The van der Waals surface area contributed by atoms with Crippen molar-refractivity contribution in [3.63, 3.8) is 0 Å². The fourth-order valence-corrected chi connectivity index (χ4v) is 6.83. The molecule has 0 saturated carbocycles. The van der Waals surface area contributed by atoms with Crippen LogP contribution in [0.2, 0.25) is 5.02 Å². The molecule has 206 valence electrons. The number of primary amides is 1. The number of hydrogen-bond acceptors (Lipinski definition) is 9. The van der Waals surface area contributed by atoms with Crippen LogP contribution in [0.3, 0.4) is 0 Å². The van der Waals surface area contributed by atoms with E-state index in [9.17, 15) is 14.9 Å². The maximum absolute atomic E-state index is 14.1. The molecular weight excluding hydrogens is 552 g/mol. The number of benzene rings is 1. The van der Waals surface area contributed by atoms with Crippen molar-refractivity contribution in [2.75, 3.05) is 37.7 Å². The summed E-state index contributed by atoms with van der Waals surface area (Å²) in [5, 5.41) is 17.6. The lowest BCUT2D eigenvalue weighted by Gasteiger charge is -2.32. The highest BCUT2D eigenvalue weighted by atomic mass is 35.5. The molecule has 11 nitrogen and oxygen atoms in total. The van der Waals surface area contributed by atoms with E-state index in [1.165, 1.54) is 27.5 Å². The van der Waals surface area contributed by atoms with Crippen LogP contribution in [0.15, 0.2) is 29.1 Å². The number of nitrogens with one attached hydrogen (secondary N) is 1. The van der Waals surface area contributed by atoms with Crippen molar-refractivity contribution in [3.05, 3.63) is 66.9 Å². The fourth-order valence-electron chi connectivity index (χ4n) is 5.47. The van der Waals surface area contributed by atoms with Crippen molar-refractivity contribution in [3.8, 4) is 16.8 Å². The van der Waals surface area contributed by atoms with E-state index in [2.05, 4.69) is 16.5 Å². The van der Waals surface area contributed by atoms with Crippen LogP contribution in [0.25, 0.3) is 16.5 Å². The van der Waals surface area contributed by atoms with Gasteiger partial charge >= 0.3 is 0 Å². The first-order valence-electron chi connectivity index (χ1n) is 13.1. The predicted octanol–water partition coefficient (Wildman–Crippen LogP) is 2.26. The van der Waals surface area contributed by atoms with E-state index in [1.54, 1.807) is 16.7 Å². The van der Waals surface area contributed by atoms with Gasteiger partial charge in [-0.25, -0.2) is 0 Å². The maximum atomic E-state index is 14.1. The molecule has 3 N–H and O–H groups in total. The molecule has 1 amide bonds. The molecule has 1 saturated heterocycles. The van der Waals surface area contributed by atoms with Crippen molar-refractivity contribution in [2.24, 2.45) is 5.73 Å². The number of fused-ring (bicyclic) bond motifs is 2. The Hall–Kier alpha value is -3.76. The Labute approximate surface area is 238 Å². The van der Waals surface area contributed by atoms with E-state index in [4.69, 9.17) is 27.1 Å². The minimum Gasteiger partial charge on any atom is -0.376 e. The van der Waals surface area contributed by atoms with Crippen molar-refractivity contribution < 1.29 is 9.53 Å². The van der Waals surface area contributed by atoms with Crippen molar-refractivity contribution in [1.29, 1.82) is 5.26 Å². The van der Waals surface area contributed by atoms with E-state index in [-0.39, 0.29) is 16.4 Å². The second-order valence-electron chi connectivity index (χ2n) is 9.72. The van der Waals surface area contributed by atoms with Gasteiger partial charge in [0, 0.05) is 41.6 Å². The van der Waals surface area contributed by atoms with Crippen molar-refractivity contribution in [1.82, 2.24) is 24.5 Å². The first kappa shape index (κ1) is 26.5. The van der Waals surface area contributed by atoms with Crippen LogP contribution in [0.4, 0.5) is 5.69 Å². The number of piperazine rings is 1. The molecule has 13 heteroatoms. The Balaban J connectivity index is 1.64. The maximum Gasteiger partial charge on any atom is 0.299 e. The Morgan fingerprint density at radius 1 is 1.32 bits per heavy atom. The van der Waals surface area contributed by atoms with E-state index in [1.807, 2.05) is 17.9 Å². The third-order valence-electron chi connectivity index (χ3n) is 7.35. The Morgan fingerprint density at radius 2 is 2.12 bits per heavy atom. The molecule has 40 heavy (non-hydrogen) atoms. The summed E-state index contributed by atoms with van der Waals surface area (Å²) in [6.45, 7) is 5.79. The minimum absolute atomic E-state index is 0.197. The SMILES string of the molecule is CCc1c(N2CCNCC2)c(=O)n2nc(-c3cc4c(s3)COCC4)nc2n1C(C(N)=O)c1ccc(C#N)cc1Cl.